The van der Waals surface area contributed by atoms with E-state index in [-0.39, 0.29) is 6.23 Å². The van der Waals surface area contributed by atoms with Crippen molar-refractivity contribution in [3.05, 3.63) is 28.5 Å². The second kappa shape index (κ2) is 5.70. The molecule has 0 spiro atoms. The lowest BCUT2D eigenvalue weighted by molar-refractivity contribution is 0.0160. The molecule has 1 unspecified atom stereocenters. The summed E-state index contributed by atoms with van der Waals surface area (Å²) in [6, 6.07) is 0. The summed E-state index contributed by atoms with van der Waals surface area (Å²) < 4.78 is 9.20. The molecule has 0 amide bonds. The molecule has 110 valence electrons. The molecule has 0 saturated heterocycles. The van der Waals surface area contributed by atoms with Crippen molar-refractivity contribution in [2.45, 2.75) is 20.1 Å². The number of fused-ring (bicyclic) bond motifs is 1. The van der Waals surface area contributed by atoms with E-state index in [1.165, 1.54) is 4.52 Å². The Morgan fingerprint density at radius 1 is 1.48 bits per heavy atom. The highest BCUT2D eigenvalue weighted by atomic mass is 79.9. The van der Waals surface area contributed by atoms with Gasteiger partial charge in [-0.1, -0.05) is 11.6 Å². The molecule has 0 N–H and O–H groups in total. The minimum Gasteiger partial charge on any atom is -0.357 e. The van der Waals surface area contributed by atoms with Gasteiger partial charge in [0.2, 0.25) is 4.73 Å². The van der Waals surface area contributed by atoms with Crippen LogP contribution in [0.4, 0.5) is 0 Å². The van der Waals surface area contributed by atoms with Crippen LogP contribution in [0.15, 0.2) is 23.5 Å². The zero-order valence-corrected chi connectivity index (χ0v) is 13.7. The molecule has 3 aromatic rings. The Labute approximate surface area is 134 Å². The summed E-state index contributed by atoms with van der Waals surface area (Å²) in [4.78, 5) is 8.54. The van der Waals surface area contributed by atoms with Crippen LogP contribution in [-0.4, -0.2) is 36.0 Å². The zero-order valence-electron chi connectivity index (χ0n) is 11.4. The van der Waals surface area contributed by atoms with E-state index in [0.29, 0.717) is 27.7 Å². The summed E-state index contributed by atoms with van der Waals surface area (Å²) in [6.07, 6.45) is 4.97. The van der Waals surface area contributed by atoms with Crippen LogP contribution in [0.5, 0.6) is 0 Å². The molecule has 0 saturated carbocycles. The maximum atomic E-state index is 6.36. The quantitative estimate of drug-likeness (QED) is 0.705. The molecule has 0 aliphatic carbocycles. The van der Waals surface area contributed by atoms with Crippen molar-refractivity contribution in [2.75, 3.05) is 6.61 Å². The maximum Gasteiger partial charge on any atom is 0.218 e. The van der Waals surface area contributed by atoms with Gasteiger partial charge in [0.1, 0.15) is 17.6 Å². The van der Waals surface area contributed by atoms with Crippen LogP contribution < -0.4 is 0 Å². The lowest BCUT2D eigenvalue weighted by Crippen LogP contribution is -2.09. The molecule has 1 atom stereocenters. The van der Waals surface area contributed by atoms with Crippen LogP contribution in [0.2, 0.25) is 5.02 Å². The summed E-state index contributed by atoms with van der Waals surface area (Å²) in [6.45, 7) is 4.49. The van der Waals surface area contributed by atoms with Crippen molar-refractivity contribution in [2.24, 2.45) is 0 Å². The third-order valence-electron chi connectivity index (χ3n) is 2.96. The van der Waals surface area contributed by atoms with E-state index in [1.807, 2.05) is 20.0 Å². The van der Waals surface area contributed by atoms with E-state index < -0.39 is 0 Å². The van der Waals surface area contributed by atoms with Crippen molar-refractivity contribution in [1.82, 2.24) is 29.4 Å². The van der Waals surface area contributed by atoms with E-state index in [1.54, 1.807) is 17.2 Å². The SMILES string of the molecule is CCOC(C)n1cc(-c2ncn3nc(Br)nc3c2Cl)cn1. The molecule has 7 nitrogen and oxygen atoms in total. The fourth-order valence-electron chi connectivity index (χ4n) is 1.98. The number of nitrogens with zero attached hydrogens (tertiary/aromatic N) is 6. The predicted molar refractivity (Wildman–Crippen MR) is 81.1 cm³/mol. The van der Waals surface area contributed by atoms with Crippen LogP contribution >= 0.6 is 27.5 Å². The first kappa shape index (κ1) is 14.4. The molecule has 3 rings (SSSR count). The van der Waals surface area contributed by atoms with Gasteiger partial charge in [-0.3, -0.25) is 0 Å². The van der Waals surface area contributed by atoms with Crippen LogP contribution in [0.3, 0.4) is 0 Å². The Bertz CT molecular complexity index is 785. The van der Waals surface area contributed by atoms with Gasteiger partial charge in [0.05, 0.1) is 11.9 Å². The summed E-state index contributed by atoms with van der Waals surface area (Å²) in [5.41, 5.74) is 1.95. The number of ether oxygens (including phenoxy) is 1. The van der Waals surface area contributed by atoms with E-state index in [2.05, 4.69) is 36.1 Å². The average Bonchev–Trinajstić information content (AvgIpc) is 3.06. The Balaban J connectivity index is 2.02. The number of halogens is 2. The first-order chi connectivity index (χ1) is 10.1. The van der Waals surface area contributed by atoms with Gasteiger partial charge < -0.3 is 4.74 Å². The summed E-state index contributed by atoms with van der Waals surface area (Å²) in [5, 5.41) is 8.81. The molecular formula is C12H12BrClN6O. The van der Waals surface area contributed by atoms with E-state index in [4.69, 9.17) is 16.3 Å². The smallest absolute Gasteiger partial charge is 0.218 e. The first-order valence-corrected chi connectivity index (χ1v) is 7.49. The van der Waals surface area contributed by atoms with Gasteiger partial charge >= 0.3 is 0 Å². The lowest BCUT2D eigenvalue weighted by Gasteiger charge is -2.11. The molecular weight excluding hydrogens is 360 g/mol. The minimum atomic E-state index is -0.145. The highest BCUT2D eigenvalue weighted by molar-refractivity contribution is 9.10. The van der Waals surface area contributed by atoms with Gasteiger partial charge in [-0.15, -0.1) is 5.10 Å². The molecule has 0 radical (unpaired) electrons. The van der Waals surface area contributed by atoms with Crippen molar-refractivity contribution in [3.8, 4) is 11.3 Å². The minimum absolute atomic E-state index is 0.145. The summed E-state index contributed by atoms with van der Waals surface area (Å²) in [7, 11) is 0. The van der Waals surface area contributed by atoms with E-state index in [0.717, 1.165) is 5.56 Å². The fourth-order valence-corrected chi connectivity index (χ4v) is 2.61. The number of hydrogen-bond acceptors (Lipinski definition) is 5. The van der Waals surface area contributed by atoms with Crippen LogP contribution in [-0.2, 0) is 4.74 Å². The predicted octanol–water partition coefficient (Wildman–Crippen LogP) is 2.96. The standard InChI is InChI=1S/C12H12BrClN6O/c1-3-21-7(2)19-5-8(4-16-19)10-9(14)11-17-12(13)18-20(11)6-15-10/h4-7H,3H2,1-2H3. The third kappa shape index (κ3) is 2.66. The Morgan fingerprint density at radius 2 is 2.29 bits per heavy atom. The molecule has 0 bridgehead atoms. The molecule has 21 heavy (non-hydrogen) atoms. The van der Waals surface area contributed by atoms with Crippen molar-refractivity contribution < 1.29 is 4.74 Å². The van der Waals surface area contributed by atoms with Crippen molar-refractivity contribution in [1.29, 1.82) is 0 Å². The highest BCUT2D eigenvalue weighted by Gasteiger charge is 2.15. The van der Waals surface area contributed by atoms with Crippen LogP contribution in [0, 0.1) is 0 Å². The van der Waals surface area contributed by atoms with Crippen molar-refractivity contribution >= 4 is 33.2 Å². The second-order valence-electron chi connectivity index (χ2n) is 4.32. The van der Waals surface area contributed by atoms with Gasteiger partial charge in [-0.2, -0.15) is 14.6 Å². The number of aromatic nitrogens is 6. The van der Waals surface area contributed by atoms with Gasteiger partial charge in [-0.05, 0) is 29.8 Å². The molecule has 0 aliphatic heterocycles. The average molecular weight is 372 g/mol. The topological polar surface area (TPSA) is 70.1 Å². The number of rotatable bonds is 4. The first-order valence-electron chi connectivity index (χ1n) is 6.32. The zero-order chi connectivity index (χ0) is 15.0. The van der Waals surface area contributed by atoms with Gasteiger partial charge in [0, 0.05) is 18.4 Å². The molecule has 0 fully saturated rings. The van der Waals surface area contributed by atoms with Crippen molar-refractivity contribution in [3.63, 3.8) is 0 Å². The fraction of sp³-hybridized carbons (Fsp3) is 0.333. The highest BCUT2D eigenvalue weighted by Crippen LogP contribution is 2.29. The molecule has 0 aliphatic rings. The normalized spacial score (nSPS) is 13.0. The maximum absolute atomic E-state index is 6.36. The Hall–Kier alpha value is -1.51. The molecule has 3 heterocycles. The van der Waals surface area contributed by atoms with Gasteiger partial charge in [-0.25, -0.2) is 9.67 Å². The summed E-state index contributed by atoms with van der Waals surface area (Å²) in [5.74, 6) is 0. The summed E-state index contributed by atoms with van der Waals surface area (Å²) >= 11 is 9.58. The van der Waals surface area contributed by atoms with E-state index >= 15 is 0 Å². The molecule has 3 aromatic heterocycles. The number of hydrogen-bond donors (Lipinski definition) is 0. The largest absolute Gasteiger partial charge is 0.357 e. The van der Waals surface area contributed by atoms with E-state index in [9.17, 15) is 0 Å². The third-order valence-corrected chi connectivity index (χ3v) is 3.65. The van der Waals surface area contributed by atoms with Gasteiger partial charge in [0.15, 0.2) is 5.65 Å². The Kier molecular flexibility index (Phi) is 3.92. The Morgan fingerprint density at radius 3 is 3.05 bits per heavy atom. The monoisotopic (exact) mass is 370 g/mol. The lowest BCUT2D eigenvalue weighted by atomic mass is 10.2. The second-order valence-corrected chi connectivity index (χ2v) is 5.41. The van der Waals surface area contributed by atoms with Crippen LogP contribution in [0.1, 0.15) is 20.1 Å². The molecule has 0 aromatic carbocycles. The van der Waals surface area contributed by atoms with Crippen LogP contribution in [0.25, 0.3) is 16.9 Å². The van der Waals surface area contributed by atoms with Gasteiger partial charge in [0.25, 0.3) is 0 Å². The molecule has 9 heteroatoms.